The molecule has 1 amide bonds. The molecule has 7 heteroatoms. The molecule has 0 saturated heterocycles. The summed E-state index contributed by atoms with van der Waals surface area (Å²) in [5.41, 5.74) is 3.69. The van der Waals surface area contributed by atoms with Crippen LogP contribution < -0.4 is 5.32 Å². The third-order valence-corrected chi connectivity index (χ3v) is 7.52. The number of esters is 1. The molecule has 0 spiro atoms. The normalized spacial score (nSPS) is 13.5. The van der Waals surface area contributed by atoms with E-state index in [1.807, 2.05) is 24.3 Å². The number of pyridine rings is 1. The van der Waals surface area contributed by atoms with Gasteiger partial charge in [0.2, 0.25) is 5.91 Å². The van der Waals surface area contributed by atoms with Crippen molar-refractivity contribution in [3.05, 3.63) is 51.9 Å². The maximum atomic E-state index is 12.7. The minimum Gasteiger partial charge on any atom is -0.462 e. The van der Waals surface area contributed by atoms with Gasteiger partial charge in [-0.2, -0.15) is 0 Å². The Hall–Kier alpha value is -2.38. The molecule has 0 radical (unpaired) electrons. The second kappa shape index (κ2) is 9.83. The van der Waals surface area contributed by atoms with E-state index in [1.54, 1.807) is 6.92 Å². The van der Waals surface area contributed by atoms with Crippen LogP contribution in [0.25, 0.3) is 10.9 Å². The first-order valence-corrected chi connectivity index (χ1v) is 12.5. The Morgan fingerprint density at radius 1 is 1.19 bits per heavy atom. The molecular formula is C24H26N2O3S2. The summed E-state index contributed by atoms with van der Waals surface area (Å²) in [5.74, 6) is -0.244. The Morgan fingerprint density at radius 2 is 2.00 bits per heavy atom. The zero-order valence-corrected chi connectivity index (χ0v) is 19.5. The Bertz CT molecular complexity index is 1120. The molecule has 0 unspecified atom stereocenters. The molecule has 2 heterocycles. The Kier molecular flexibility index (Phi) is 6.92. The molecule has 31 heavy (non-hydrogen) atoms. The minimum absolute atomic E-state index is 0.139. The number of rotatable bonds is 6. The van der Waals surface area contributed by atoms with E-state index < -0.39 is 0 Å². The first kappa shape index (κ1) is 21.8. The SMILES string of the molecule is CCOC(=O)c1c(NC(=O)CSc2cc(C)c3ccccc3n2)sc2c1CCCCC2. The van der Waals surface area contributed by atoms with Crippen LogP contribution in [0.4, 0.5) is 5.00 Å². The summed E-state index contributed by atoms with van der Waals surface area (Å²) in [5, 5.41) is 5.54. The Balaban J connectivity index is 1.50. The number of anilines is 1. The first-order chi connectivity index (χ1) is 15.1. The minimum atomic E-state index is -0.336. The summed E-state index contributed by atoms with van der Waals surface area (Å²) < 4.78 is 5.30. The van der Waals surface area contributed by atoms with Crippen molar-refractivity contribution in [3.8, 4) is 0 Å². The van der Waals surface area contributed by atoms with Crippen LogP contribution in [0.5, 0.6) is 0 Å². The predicted molar refractivity (Wildman–Crippen MR) is 127 cm³/mol. The van der Waals surface area contributed by atoms with Crippen molar-refractivity contribution in [3.63, 3.8) is 0 Å². The van der Waals surface area contributed by atoms with Crippen LogP contribution in [-0.2, 0) is 22.4 Å². The van der Waals surface area contributed by atoms with Crippen LogP contribution in [0.1, 0.15) is 52.5 Å². The van der Waals surface area contributed by atoms with Crippen LogP contribution >= 0.6 is 23.1 Å². The van der Waals surface area contributed by atoms with Gasteiger partial charge in [-0.1, -0.05) is 36.4 Å². The molecule has 1 N–H and O–H groups in total. The summed E-state index contributed by atoms with van der Waals surface area (Å²) in [7, 11) is 0. The Labute approximate surface area is 190 Å². The van der Waals surface area contributed by atoms with Gasteiger partial charge in [-0.25, -0.2) is 9.78 Å². The van der Waals surface area contributed by atoms with E-state index in [0.29, 0.717) is 17.2 Å². The third-order valence-electron chi connectivity index (χ3n) is 5.40. The average Bonchev–Trinajstić information content (AvgIpc) is 2.93. The number of carbonyl (C=O) groups is 2. The number of hydrogen-bond acceptors (Lipinski definition) is 6. The van der Waals surface area contributed by atoms with Crippen molar-refractivity contribution in [2.24, 2.45) is 0 Å². The van der Waals surface area contributed by atoms with Gasteiger partial charge >= 0.3 is 5.97 Å². The molecule has 1 aliphatic rings. The molecule has 4 rings (SSSR count). The van der Waals surface area contributed by atoms with Crippen LogP contribution in [0, 0.1) is 6.92 Å². The van der Waals surface area contributed by atoms with Crippen molar-refractivity contribution in [1.82, 2.24) is 4.98 Å². The predicted octanol–water partition coefficient (Wildman–Crippen LogP) is 5.78. The zero-order chi connectivity index (χ0) is 21.8. The summed E-state index contributed by atoms with van der Waals surface area (Å²) in [6, 6.07) is 10.0. The van der Waals surface area contributed by atoms with Gasteiger partial charge in [-0.05, 0) is 62.8 Å². The summed E-state index contributed by atoms with van der Waals surface area (Å²) in [4.78, 5) is 31.3. The van der Waals surface area contributed by atoms with Crippen molar-refractivity contribution in [2.45, 2.75) is 51.0 Å². The number of para-hydroxylation sites is 1. The highest BCUT2D eigenvalue weighted by Gasteiger charge is 2.26. The number of thioether (sulfide) groups is 1. The second-order valence-corrected chi connectivity index (χ2v) is 9.72. The largest absolute Gasteiger partial charge is 0.462 e. The third kappa shape index (κ3) is 4.93. The lowest BCUT2D eigenvalue weighted by Crippen LogP contribution is -2.17. The van der Waals surface area contributed by atoms with Crippen molar-refractivity contribution < 1.29 is 14.3 Å². The smallest absolute Gasteiger partial charge is 0.341 e. The highest BCUT2D eigenvalue weighted by atomic mass is 32.2. The molecular weight excluding hydrogens is 428 g/mol. The van der Waals surface area contributed by atoms with Crippen molar-refractivity contribution in [2.75, 3.05) is 17.7 Å². The van der Waals surface area contributed by atoms with E-state index in [0.717, 1.165) is 52.7 Å². The molecule has 0 atom stereocenters. The van der Waals surface area contributed by atoms with Crippen LogP contribution in [0.2, 0.25) is 0 Å². The van der Waals surface area contributed by atoms with Gasteiger partial charge in [-0.15, -0.1) is 11.3 Å². The number of hydrogen-bond donors (Lipinski definition) is 1. The second-order valence-electron chi connectivity index (χ2n) is 7.62. The van der Waals surface area contributed by atoms with Gasteiger partial charge in [-0.3, -0.25) is 4.79 Å². The van der Waals surface area contributed by atoms with Gasteiger partial charge in [0.15, 0.2) is 0 Å². The topological polar surface area (TPSA) is 68.3 Å². The average molecular weight is 455 g/mol. The molecule has 1 aliphatic carbocycles. The number of ether oxygens (including phenoxy) is 1. The number of fused-ring (bicyclic) bond motifs is 2. The van der Waals surface area contributed by atoms with Gasteiger partial charge in [0.25, 0.3) is 0 Å². The van der Waals surface area contributed by atoms with E-state index >= 15 is 0 Å². The van der Waals surface area contributed by atoms with Gasteiger partial charge in [0.1, 0.15) is 5.00 Å². The molecule has 0 fully saturated rings. The number of nitrogens with zero attached hydrogens (tertiary/aromatic N) is 1. The van der Waals surface area contributed by atoms with E-state index in [2.05, 4.69) is 23.3 Å². The maximum Gasteiger partial charge on any atom is 0.341 e. The van der Waals surface area contributed by atoms with Gasteiger partial charge < -0.3 is 10.1 Å². The van der Waals surface area contributed by atoms with E-state index in [1.165, 1.54) is 34.4 Å². The van der Waals surface area contributed by atoms with Crippen LogP contribution in [0.3, 0.4) is 0 Å². The lowest BCUT2D eigenvalue weighted by molar-refractivity contribution is -0.113. The molecule has 0 aliphatic heterocycles. The summed E-state index contributed by atoms with van der Waals surface area (Å²) in [6.45, 7) is 4.18. The van der Waals surface area contributed by atoms with Crippen molar-refractivity contribution in [1.29, 1.82) is 0 Å². The number of amides is 1. The molecule has 1 aromatic carbocycles. The number of carbonyl (C=O) groups excluding carboxylic acids is 2. The molecule has 0 saturated carbocycles. The highest BCUT2D eigenvalue weighted by Crippen LogP contribution is 2.38. The fourth-order valence-electron chi connectivity index (χ4n) is 3.94. The molecule has 0 bridgehead atoms. The molecule has 5 nitrogen and oxygen atoms in total. The summed E-state index contributed by atoms with van der Waals surface area (Å²) in [6.07, 6.45) is 5.17. The van der Waals surface area contributed by atoms with Crippen LogP contribution in [0.15, 0.2) is 35.4 Å². The monoisotopic (exact) mass is 454 g/mol. The molecule has 2 aromatic heterocycles. The van der Waals surface area contributed by atoms with E-state index in [-0.39, 0.29) is 17.6 Å². The highest BCUT2D eigenvalue weighted by molar-refractivity contribution is 7.99. The number of nitrogens with one attached hydrogen (secondary N) is 1. The van der Waals surface area contributed by atoms with Crippen molar-refractivity contribution >= 4 is 50.9 Å². The van der Waals surface area contributed by atoms with E-state index in [9.17, 15) is 9.59 Å². The number of aryl methyl sites for hydroxylation is 2. The first-order valence-electron chi connectivity index (χ1n) is 10.7. The van der Waals surface area contributed by atoms with Gasteiger partial charge in [0.05, 0.1) is 28.5 Å². The zero-order valence-electron chi connectivity index (χ0n) is 17.8. The summed E-state index contributed by atoms with van der Waals surface area (Å²) >= 11 is 2.93. The molecule has 3 aromatic rings. The standard InChI is InChI=1S/C24H26N2O3S2/c1-3-29-24(28)22-17-10-5-4-6-12-19(17)31-23(22)26-20(27)14-30-21-13-15(2)16-9-7-8-11-18(16)25-21/h7-9,11,13H,3-6,10,12,14H2,1-2H3,(H,26,27). The maximum absolute atomic E-state index is 12.7. The number of benzene rings is 1. The Morgan fingerprint density at radius 3 is 2.84 bits per heavy atom. The fraction of sp³-hybridized carbons (Fsp3) is 0.375. The van der Waals surface area contributed by atoms with E-state index in [4.69, 9.17) is 4.74 Å². The quantitative estimate of drug-likeness (QED) is 0.290. The number of aromatic nitrogens is 1. The number of thiophene rings is 1. The lowest BCUT2D eigenvalue weighted by atomic mass is 10.1. The molecule has 162 valence electrons. The van der Waals surface area contributed by atoms with Crippen LogP contribution in [-0.4, -0.2) is 29.2 Å². The lowest BCUT2D eigenvalue weighted by Gasteiger charge is -2.09. The van der Waals surface area contributed by atoms with Gasteiger partial charge in [0, 0.05) is 10.3 Å². The fourth-order valence-corrected chi connectivity index (χ4v) is 6.01.